The van der Waals surface area contributed by atoms with Gasteiger partial charge in [-0.05, 0) is 39.8 Å². The summed E-state index contributed by atoms with van der Waals surface area (Å²) < 4.78 is 26.8. The molecule has 0 aliphatic heterocycles. The summed E-state index contributed by atoms with van der Waals surface area (Å²) in [5, 5.41) is 3.10. The largest absolute Gasteiger partial charge is 0.311 e. The van der Waals surface area contributed by atoms with Gasteiger partial charge in [0.25, 0.3) is 0 Å². The van der Waals surface area contributed by atoms with Gasteiger partial charge in [-0.1, -0.05) is 6.07 Å². The second kappa shape index (κ2) is 7.56. The zero-order valence-electron chi connectivity index (χ0n) is 12.2. The van der Waals surface area contributed by atoms with Crippen molar-refractivity contribution in [2.24, 2.45) is 0 Å². The topological polar surface area (TPSA) is 15.3 Å². The third-order valence-electron chi connectivity index (χ3n) is 3.24. The average Bonchev–Trinajstić information content (AvgIpc) is 2.31. The first kappa shape index (κ1) is 16.1. The van der Waals surface area contributed by atoms with Crippen molar-refractivity contribution in [1.82, 2.24) is 10.2 Å². The predicted molar refractivity (Wildman–Crippen MR) is 75.0 cm³/mol. The number of nitrogens with one attached hydrogen (secondary N) is 1. The molecular weight excluding hydrogens is 246 g/mol. The highest BCUT2D eigenvalue weighted by Gasteiger charge is 2.13. The lowest BCUT2D eigenvalue weighted by molar-refractivity contribution is 0.175. The SMILES string of the molecule is CC(C)N(CCNCc1c(F)cccc1F)C(C)C. The number of rotatable bonds is 7. The van der Waals surface area contributed by atoms with Gasteiger partial charge in [0.05, 0.1) is 0 Å². The van der Waals surface area contributed by atoms with Gasteiger partial charge in [0, 0.05) is 37.3 Å². The van der Waals surface area contributed by atoms with Crippen LogP contribution in [0.2, 0.25) is 0 Å². The van der Waals surface area contributed by atoms with Crippen molar-refractivity contribution in [3.05, 3.63) is 35.4 Å². The van der Waals surface area contributed by atoms with Crippen LogP contribution in [-0.4, -0.2) is 30.1 Å². The van der Waals surface area contributed by atoms with Gasteiger partial charge in [0.2, 0.25) is 0 Å². The molecule has 0 bridgehead atoms. The molecule has 0 aromatic heterocycles. The van der Waals surface area contributed by atoms with Crippen molar-refractivity contribution in [3.63, 3.8) is 0 Å². The van der Waals surface area contributed by atoms with Crippen LogP contribution in [0, 0.1) is 11.6 Å². The second-order valence-electron chi connectivity index (χ2n) is 5.30. The summed E-state index contributed by atoms with van der Waals surface area (Å²) in [6, 6.07) is 4.88. The van der Waals surface area contributed by atoms with E-state index in [-0.39, 0.29) is 12.1 Å². The lowest BCUT2D eigenvalue weighted by atomic mass is 10.2. The minimum atomic E-state index is -0.489. The van der Waals surface area contributed by atoms with Crippen LogP contribution in [0.15, 0.2) is 18.2 Å². The van der Waals surface area contributed by atoms with Gasteiger partial charge in [-0.2, -0.15) is 0 Å². The molecule has 0 radical (unpaired) electrons. The van der Waals surface area contributed by atoms with Crippen LogP contribution in [0.4, 0.5) is 8.78 Å². The van der Waals surface area contributed by atoms with Crippen molar-refractivity contribution in [2.75, 3.05) is 13.1 Å². The van der Waals surface area contributed by atoms with Crippen LogP contribution in [-0.2, 0) is 6.54 Å². The molecule has 0 spiro atoms. The molecule has 0 saturated heterocycles. The zero-order valence-corrected chi connectivity index (χ0v) is 12.2. The van der Waals surface area contributed by atoms with E-state index < -0.39 is 11.6 Å². The summed E-state index contributed by atoms with van der Waals surface area (Å²) in [5.74, 6) is -0.978. The molecule has 0 aliphatic rings. The first-order valence-electron chi connectivity index (χ1n) is 6.82. The van der Waals surface area contributed by atoms with E-state index in [0.29, 0.717) is 18.6 Å². The van der Waals surface area contributed by atoms with E-state index in [2.05, 4.69) is 37.9 Å². The molecule has 0 saturated carbocycles. The molecular formula is C15H24F2N2. The van der Waals surface area contributed by atoms with Crippen LogP contribution in [0.1, 0.15) is 33.3 Å². The van der Waals surface area contributed by atoms with E-state index in [9.17, 15) is 8.78 Å². The summed E-state index contributed by atoms with van der Waals surface area (Å²) >= 11 is 0. The Bertz CT molecular complexity index is 363. The summed E-state index contributed by atoms with van der Waals surface area (Å²) in [5.41, 5.74) is 0.114. The molecule has 1 N–H and O–H groups in total. The van der Waals surface area contributed by atoms with Gasteiger partial charge >= 0.3 is 0 Å². The molecule has 108 valence electrons. The fraction of sp³-hybridized carbons (Fsp3) is 0.600. The molecule has 0 amide bonds. The van der Waals surface area contributed by atoms with Crippen molar-refractivity contribution in [1.29, 1.82) is 0 Å². The third kappa shape index (κ3) is 4.88. The van der Waals surface area contributed by atoms with Gasteiger partial charge < -0.3 is 5.32 Å². The normalized spacial score (nSPS) is 11.8. The van der Waals surface area contributed by atoms with Gasteiger partial charge in [-0.15, -0.1) is 0 Å². The monoisotopic (exact) mass is 270 g/mol. The molecule has 1 aromatic carbocycles. The maximum Gasteiger partial charge on any atom is 0.130 e. The first-order valence-corrected chi connectivity index (χ1v) is 6.82. The molecule has 0 atom stereocenters. The highest BCUT2D eigenvalue weighted by molar-refractivity contribution is 5.19. The van der Waals surface area contributed by atoms with E-state index in [1.807, 2.05) is 0 Å². The van der Waals surface area contributed by atoms with E-state index in [4.69, 9.17) is 0 Å². The highest BCUT2D eigenvalue weighted by Crippen LogP contribution is 2.11. The number of halogens is 2. The third-order valence-corrected chi connectivity index (χ3v) is 3.24. The second-order valence-corrected chi connectivity index (χ2v) is 5.30. The van der Waals surface area contributed by atoms with Crippen LogP contribution < -0.4 is 5.32 Å². The quantitative estimate of drug-likeness (QED) is 0.766. The van der Waals surface area contributed by atoms with E-state index in [1.54, 1.807) is 0 Å². The Morgan fingerprint density at radius 3 is 2.05 bits per heavy atom. The Hall–Kier alpha value is -1.00. The molecule has 0 unspecified atom stereocenters. The molecule has 1 aromatic rings. The van der Waals surface area contributed by atoms with Gasteiger partial charge in [-0.25, -0.2) is 8.78 Å². The molecule has 0 fully saturated rings. The lowest BCUT2D eigenvalue weighted by Crippen LogP contribution is -2.41. The molecule has 4 heteroatoms. The number of nitrogens with zero attached hydrogens (tertiary/aromatic N) is 1. The standard InChI is InChI=1S/C15H24F2N2/c1-11(2)19(12(3)4)9-8-18-10-13-14(16)6-5-7-15(13)17/h5-7,11-12,18H,8-10H2,1-4H3. The maximum absolute atomic E-state index is 13.4. The Morgan fingerprint density at radius 2 is 1.58 bits per heavy atom. The van der Waals surface area contributed by atoms with Crippen LogP contribution in [0.5, 0.6) is 0 Å². The molecule has 2 nitrogen and oxygen atoms in total. The number of benzene rings is 1. The van der Waals surface area contributed by atoms with Crippen LogP contribution in [0.3, 0.4) is 0 Å². The summed E-state index contributed by atoms with van der Waals surface area (Å²) in [6.45, 7) is 10.4. The minimum absolute atomic E-state index is 0.114. The lowest BCUT2D eigenvalue weighted by Gasteiger charge is -2.30. The highest BCUT2D eigenvalue weighted by atomic mass is 19.1. The van der Waals surface area contributed by atoms with Crippen LogP contribution >= 0.6 is 0 Å². The smallest absolute Gasteiger partial charge is 0.130 e. The van der Waals surface area contributed by atoms with Gasteiger partial charge in [-0.3, -0.25) is 4.90 Å². The zero-order chi connectivity index (χ0) is 14.4. The van der Waals surface area contributed by atoms with E-state index >= 15 is 0 Å². The van der Waals surface area contributed by atoms with Crippen LogP contribution in [0.25, 0.3) is 0 Å². The van der Waals surface area contributed by atoms with Crippen molar-refractivity contribution in [2.45, 2.75) is 46.3 Å². The summed E-state index contributed by atoms with van der Waals surface area (Å²) in [6.07, 6.45) is 0. The van der Waals surface area contributed by atoms with E-state index in [0.717, 1.165) is 6.54 Å². The summed E-state index contributed by atoms with van der Waals surface area (Å²) in [7, 11) is 0. The molecule has 0 aliphatic carbocycles. The molecule has 19 heavy (non-hydrogen) atoms. The Balaban J connectivity index is 2.42. The maximum atomic E-state index is 13.4. The first-order chi connectivity index (χ1) is 8.93. The number of hydrogen-bond donors (Lipinski definition) is 1. The molecule has 1 rings (SSSR count). The van der Waals surface area contributed by atoms with Crippen molar-refractivity contribution >= 4 is 0 Å². The Kier molecular flexibility index (Phi) is 6.38. The van der Waals surface area contributed by atoms with Gasteiger partial charge in [0.15, 0.2) is 0 Å². The minimum Gasteiger partial charge on any atom is -0.311 e. The fourth-order valence-electron chi connectivity index (χ4n) is 2.24. The van der Waals surface area contributed by atoms with Gasteiger partial charge in [0.1, 0.15) is 11.6 Å². The Morgan fingerprint density at radius 1 is 1.05 bits per heavy atom. The average molecular weight is 270 g/mol. The van der Waals surface area contributed by atoms with Crippen molar-refractivity contribution < 1.29 is 8.78 Å². The number of hydrogen-bond acceptors (Lipinski definition) is 2. The fourth-order valence-corrected chi connectivity index (χ4v) is 2.24. The summed E-state index contributed by atoms with van der Waals surface area (Å²) in [4.78, 5) is 2.34. The van der Waals surface area contributed by atoms with E-state index in [1.165, 1.54) is 18.2 Å². The Labute approximate surface area is 114 Å². The van der Waals surface area contributed by atoms with Crippen molar-refractivity contribution in [3.8, 4) is 0 Å². The molecule has 0 heterocycles. The predicted octanol–water partition coefficient (Wildman–Crippen LogP) is 3.17.